The number of para-hydroxylation sites is 1. The number of carbonyl (C=O) groups excluding carboxylic acids is 1. The van der Waals surface area contributed by atoms with Gasteiger partial charge in [-0.05, 0) is 6.07 Å². The summed E-state index contributed by atoms with van der Waals surface area (Å²) in [4.78, 5) is 15.4. The third-order valence-corrected chi connectivity index (χ3v) is 4.33. The van der Waals surface area contributed by atoms with Crippen molar-refractivity contribution in [1.29, 1.82) is 0 Å². The number of aromatic nitrogens is 1. The predicted molar refractivity (Wildman–Crippen MR) is 74.2 cm³/mol. The van der Waals surface area contributed by atoms with Gasteiger partial charge < -0.3 is 29.8 Å². The van der Waals surface area contributed by atoms with E-state index in [4.69, 9.17) is 9.47 Å². The zero-order valence-corrected chi connectivity index (χ0v) is 11.5. The smallest absolute Gasteiger partial charge is 0.341 e. The van der Waals surface area contributed by atoms with Gasteiger partial charge in [-0.2, -0.15) is 0 Å². The van der Waals surface area contributed by atoms with Gasteiger partial charge in [0.15, 0.2) is 6.10 Å². The topological polar surface area (TPSA) is 112 Å². The van der Waals surface area contributed by atoms with E-state index in [9.17, 15) is 20.1 Å². The third kappa shape index (κ3) is 1.74. The number of esters is 1. The summed E-state index contributed by atoms with van der Waals surface area (Å²) in [6.07, 6.45) is -5.33. The van der Waals surface area contributed by atoms with E-state index in [0.717, 1.165) is 5.52 Å². The van der Waals surface area contributed by atoms with E-state index < -0.39 is 43.1 Å². The molecule has 22 heavy (non-hydrogen) atoms. The number of H-pyrrole nitrogens is 1. The van der Waals surface area contributed by atoms with Crippen LogP contribution in [0.25, 0.3) is 10.9 Å². The number of hydrogen-bond acceptors (Lipinski definition) is 6. The Balaban J connectivity index is 1.86. The molecule has 0 saturated carbocycles. The van der Waals surface area contributed by atoms with Crippen molar-refractivity contribution >= 4 is 16.9 Å². The van der Waals surface area contributed by atoms with Crippen molar-refractivity contribution < 1.29 is 29.6 Å². The van der Waals surface area contributed by atoms with E-state index in [-0.39, 0.29) is 0 Å². The van der Waals surface area contributed by atoms with Gasteiger partial charge in [0.2, 0.25) is 0 Å². The van der Waals surface area contributed by atoms with E-state index in [0.29, 0.717) is 16.6 Å². The molecule has 0 bridgehead atoms. The number of aromatic amines is 1. The van der Waals surface area contributed by atoms with Crippen LogP contribution in [0, 0.1) is 0 Å². The fraction of sp³-hybridized carbons (Fsp3) is 0.400. The van der Waals surface area contributed by atoms with Gasteiger partial charge in [0.1, 0.15) is 24.4 Å². The molecular weight excluding hydrogens is 290 g/mol. The highest BCUT2D eigenvalue weighted by Gasteiger charge is 2.51. The predicted octanol–water partition coefficient (Wildman–Crippen LogP) is -0.139. The average Bonchev–Trinajstić information content (AvgIpc) is 2.92. The van der Waals surface area contributed by atoms with Gasteiger partial charge in [0.05, 0.1) is 17.9 Å². The molecule has 2 aromatic rings. The number of rotatable bonds is 1. The maximum absolute atomic E-state index is 12.3. The maximum Gasteiger partial charge on any atom is 0.341 e. The Labute approximate surface area is 125 Å². The normalized spacial score (nSPS) is 34.1. The second-order valence-corrected chi connectivity index (χ2v) is 5.59. The SMILES string of the molecule is O=C1O[C@H]2[C@@H](O)[C@H](O)[C@@H](CO)O[C@@H]2c2[nH]c3ccccc3c21. The summed E-state index contributed by atoms with van der Waals surface area (Å²) in [6, 6.07) is 7.27. The van der Waals surface area contributed by atoms with Crippen LogP contribution in [0.5, 0.6) is 0 Å². The number of benzene rings is 1. The highest BCUT2D eigenvalue weighted by atomic mass is 16.6. The lowest BCUT2D eigenvalue weighted by atomic mass is 9.90. The summed E-state index contributed by atoms with van der Waals surface area (Å²) in [5.74, 6) is -0.564. The highest BCUT2D eigenvalue weighted by Crippen LogP contribution is 2.41. The molecule has 7 heteroatoms. The summed E-state index contributed by atoms with van der Waals surface area (Å²) >= 11 is 0. The Morgan fingerprint density at radius 3 is 2.73 bits per heavy atom. The molecule has 0 unspecified atom stereocenters. The molecule has 5 atom stereocenters. The van der Waals surface area contributed by atoms with Crippen molar-refractivity contribution in [1.82, 2.24) is 4.98 Å². The summed E-state index contributed by atoms with van der Waals surface area (Å²) in [5, 5.41) is 30.1. The number of ether oxygens (including phenoxy) is 2. The lowest BCUT2D eigenvalue weighted by Crippen LogP contribution is -2.58. The molecule has 1 aromatic heterocycles. The Morgan fingerprint density at radius 2 is 1.95 bits per heavy atom. The molecule has 1 aromatic carbocycles. The summed E-state index contributed by atoms with van der Waals surface area (Å²) in [6.45, 7) is -0.440. The number of aliphatic hydroxyl groups excluding tert-OH is 3. The minimum absolute atomic E-state index is 0.372. The minimum atomic E-state index is -1.32. The van der Waals surface area contributed by atoms with Crippen molar-refractivity contribution in [2.45, 2.75) is 30.5 Å². The lowest BCUT2D eigenvalue weighted by Gasteiger charge is -2.43. The average molecular weight is 305 g/mol. The second kappa shape index (κ2) is 4.79. The fourth-order valence-electron chi connectivity index (χ4n) is 3.23. The molecular formula is C15H15NO6. The number of aliphatic hydroxyl groups is 3. The molecule has 2 aliphatic rings. The van der Waals surface area contributed by atoms with Crippen molar-refractivity contribution in [3.63, 3.8) is 0 Å². The van der Waals surface area contributed by atoms with Crippen LogP contribution in [0.3, 0.4) is 0 Å². The zero-order chi connectivity index (χ0) is 15.4. The fourth-order valence-corrected chi connectivity index (χ4v) is 3.23. The first-order valence-corrected chi connectivity index (χ1v) is 7.06. The summed E-state index contributed by atoms with van der Waals surface area (Å²) < 4.78 is 10.9. The number of carbonyl (C=O) groups is 1. The van der Waals surface area contributed by atoms with Crippen molar-refractivity contribution in [2.75, 3.05) is 6.61 Å². The Hall–Kier alpha value is -1.93. The first-order chi connectivity index (χ1) is 10.6. The largest absolute Gasteiger partial charge is 0.453 e. The zero-order valence-electron chi connectivity index (χ0n) is 11.5. The van der Waals surface area contributed by atoms with Gasteiger partial charge in [0.25, 0.3) is 0 Å². The molecule has 1 saturated heterocycles. The molecule has 0 radical (unpaired) electrons. The number of hydrogen-bond donors (Lipinski definition) is 4. The van der Waals surface area contributed by atoms with E-state index in [2.05, 4.69) is 4.98 Å². The first-order valence-electron chi connectivity index (χ1n) is 7.06. The van der Waals surface area contributed by atoms with Gasteiger partial charge in [-0.3, -0.25) is 0 Å². The monoisotopic (exact) mass is 305 g/mol. The van der Waals surface area contributed by atoms with E-state index in [1.807, 2.05) is 18.2 Å². The van der Waals surface area contributed by atoms with Gasteiger partial charge in [0, 0.05) is 10.9 Å². The quantitative estimate of drug-likeness (QED) is 0.546. The van der Waals surface area contributed by atoms with Crippen molar-refractivity contribution in [2.24, 2.45) is 0 Å². The minimum Gasteiger partial charge on any atom is -0.453 e. The number of nitrogens with one attached hydrogen (secondary N) is 1. The van der Waals surface area contributed by atoms with E-state index in [1.54, 1.807) is 6.07 Å². The van der Waals surface area contributed by atoms with Crippen molar-refractivity contribution in [3.8, 4) is 0 Å². The van der Waals surface area contributed by atoms with E-state index >= 15 is 0 Å². The lowest BCUT2D eigenvalue weighted by molar-refractivity contribution is -0.235. The Kier molecular flexibility index (Phi) is 2.98. The molecule has 7 nitrogen and oxygen atoms in total. The Morgan fingerprint density at radius 1 is 1.18 bits per heavy atom. The molecule has 1 fully saturated rings. The third-order valence-electron chi connectivity index (χ3n) is 4.33. The maximum atomic E-state index is 12.3. The van der Waals surface area contributed by atoms with Crippen LogP contribution < -0.4 is 0 Å². The van der Waals surface area contributed by atoms with Crippen molar-refractivity contribution in [3.05, 3.63) is 35.5 Å². The summed E-state index contributed by atoms with van der Waals surface area (Å²) in [7, 11) is 0. The second-order valence-electron chi connectivity index (χ2n) is 5.59. The van der Waals surface area contributed by atoms with Crippen LogP contribution in [0.1, 0.15) is 22.2 Å². The molecule has 4 rings (SSSR count). The molecule has 3 heterocycles. The van der Waals surface area contributed by atoms with Gasteiger partial charge in [-0.15, -0.1) is 0 Å². The van der Waals surface area contributed by atoms with Gasteiger partial charge in [-0.1, -0.05) is 18.2 Å². The highest BCUT2D eigenvalue weighted by molar-refractivity contribution is 6.06. The molecule has 0 amide bonds. The van der Waals surface area contributed by atoms with Crippen LogP contribution in [0.2, 0.25) is 0 Å². The standard InChI is InChI=1S/C15H15NO6/c17-5-8-11(18)12(19)14-13(21-8)10-9(15(20)22-14)6-3-1-2-4-7(6)16-10/h1-4,8,11-14,16-19H,5H2/t8-,11-,12+,13-,14+/m1/s1. The van der Waals surface area contributed by atoms with E-state index in [1.165, 1.54) is 0 Å². The van der Waals surface area contributed by atoms with Crippen LogP contribution in [-0.2, 0) is 9.47 Å². The van der Waals surface area contributed by atoms with Crippen LogP contribution >= 0.6 is 0 Å². The molecule has 0 aliphatic carbocycles. The van der Waals surface area contributed by atoms with Crippen LogP contribution in [0.4, 0.5) is 0 Å². The molecule has 0 spiro atoms. The number of fused-ring (bicyclic) bond motifs is 5. The first kappa shape index (κ1) is 13.7. The van der Waals surface area contributed by atoms with Gasteiger partial charge >= 0.3 is 5.97 Å². The van der Waals surface area contributed by atoms with Gasteiger partial charge in [-0.25, -0.2) is 4.79 Å². The molecule has 2 aliphatic heterocycles. The summed E-state index contributed by atoms with van der Waals surface area (Å²) in [5.41, 5.74) is 1.64. The van der Waals surface area contributed by atoms with Crippen LogP contribution in [-0.4, -0.2) is 57.3 Å². The van der Waals surface area contributed by atoms with Crippen LogP contribution in [0.15, 0.2) is 24.3 Å². The Bertz CT molecular complexity index is 741. The molecule has 116 valence electrons. The molecule has 4 N–H and O–H groups in total.